The first-order valence-electron chi connectivity index (χ1n) is 8.05. The smallest absolute Gasteiger partial charge is 0.416 e. The largest absolute Gasteiger partial charge is 0.493 e. The Morgan fingerprint density at radius 3 is 2.65 bits per heavy atom. The quantitative estimate of drug-likeness (QED) is 0.471. The summed E-state index contributed by atoms with van der Waals surface area (Å²) in [6, 6.07) is 4.50. The van der Waals surface area contributed by atoms with Gasteiger partial charge in [-0.05, 0) is 24.3 Å². The number of ether oxygens (including phenoxy) is 2. The monoisotopic (exact) mass is 372 g/mol. The van der Waals surface area contributed by atoms with Crippen LogP contribution in [-0.2, 0) is 20.5 Å². The highest BCUT2D eigenvalue weighted by Gasteiger charge is 2.35. The van der Waals surface area contributed by atoms with Crippen molar-refractivity contribution in [1.82, 2.24) is 0 Å². The molecule has 0 radical (unpaired) electrons. The minimum Gasteiger partial charge on any atom is -0.493 e. The maximum absolute atomic E-state index is 12.7. The highest BCUT2D eigenvalue weighted by molar-refractivity contribution is 5.82. The number of ketones is 1. The Morgan fingerprint density at radius 1 is 1.35 bits per heavy atom. The van der Waals surface area contributed by atoms with Crippen LogP contribution in [0, 0.1) is 5.92 Å². The van der Waals surface area contributed by atoms with Gasteiger partial charge < -0.3 is 14.6 Å². The summed E-state index contributed by atoms with van der Waals surface area (Å²) in [5.41, 5.74) is -0.807. The number of carbonyl (C=O) groups excluding carboxylic acids is 2. The lowest BCUT2D eigenvalue weighted by Crippen LogP contribution is -2.19. The molecule has 0 amide bonds. The van der Waals surface area contributed by atoms with Crippen molar-refractivity contribution in [2.75, 3.05) is 6.61 Å². The zero-order chi connectivity index (χ0) is 19.3. The van der Waals surface area contributed by atoms with E-state index < -0.39 is 29.7 Å². The Morgan fingerprint density at radius 2 is 2.08 bits per heavy atom. The molecule has 0 spiro atoms. The van der Waals surface area contributed by atoms with Gasteiger partial charge in [0.2, 0.25) is 0 Å². The zero-order valence-corrected chi connectivity index (χ0v) is 14.1. The van der Waals surface area contributed by atoms with Gasteiger partial charge in [0.05, 0.1) is 24.2 Å². The Labute approximate surface area is 148 Å². The molecule has 0 aliphatic heterocycles. The van der Waals surface area contributed by atoms with E-state index in [-0.39, 0.29) is 43.2 Å². The van der Waals surface area contributed by atoms with E-state index in [0.29, 0.717) is 0 Å². The third-order valence-electron chi connectivity index (χ3n) is 3.87. The van der Waals surface area contributed by atoms with Crippen LogP contribution in [0.4, 0.5) is 13.2 Å². The molecular formula is C18H19F3O5. The van der Waals surface area contributed by atoms with Crippen LogP contribution in [0.3, 0.4) is 0 Å². The number of hydrogen-bond donors (Lipinski definition) is 1. The Balaban J connectivity index is 1.98. The topological polar surface area (TPSA) is 72.8 Å². The minimum atomic E-state index is -4.45. The van der Waals surface area contributed by atoms with Crippen LogP contribution in [0.5, 0.6) is 5.75 Å². The number of carbonyl (C=O) groups is 2. The summed E-state index contributed by atoms with van der Waals surface area (Å²) in [5, 5.41) is 9.89. The van der Waals surface area contributed by atoms with E-state index in [0.717, 1.165) is 12.1 Å². The summed E-state index contributed by atoms with van der Waals surface area (Å²) in [4.78, 5) is 22.7. The first-order valence-corrected chi connectivity index (χ1v) is 8.05. The number of halogens is 3. The van der Waals surface area contributed by atoms with Gasteiger partial charge in [0.1, 0.15) is 17.3 Å². The average Bonchev–Trinajstić information content (AvgIpc) is 2.88. The molecule has 142 valence electrons. The fraction of sp³-hybridized carbons (Fsp3) is 0.444. The Bertz CT molecular complexity index is 696. The molecule has 1 aromatic carbocycles. The minimum absolute atomic E-state index is 0.00397. The van der Waals surface area contributed by atoms with Crippen molar-refractivity contribution >= 4 is 11.8 Å². The van der Waals surface area contributed by atoms with Gasteiger partial charge in [-0.1, -0.05) is 6.07 Å². The second-order valence-electron chi connectivity index (χ2n) is 5.98. The molecule has 5 nitrogen and oxygen atoms in total. The van der Waals surface area contributed by atoms with Crippen LogP contribution in [0.15, 0.2) is 36.1 Å². The summed E-state index contributed by atoms with van der Waals surface area (Å²) in [6.07, 6.45) is -3.54. The molecule has 1 fully saturated rings. The SMILES string of the molecule is CC(=O)O/C(=C/CCOc1cccc(C(F)(F)F)c1)[C@@H]1CC(=O)C[C@H]1O. The van der Waals surface area contributed by atoms with Crippen LogP contribution < -0.4 is 4.74 Å². The summed E-state index contributed by atoms with van der Waals surface area (Å²) in [7, 11) is 0. The molecule has 8 heteroatoms. The van der Waals surface area contributed by atoms with Gasteiger partial charge in [0, 0.05) is 26.2 Å². The first-order chi connectivity index (χ1) is 12.2. The molecule has 0 aromatic heterocycles. The fourth-order valence-electron chi connectivity index (χ4n) is 2.71. The van der Waals surface area contributed by atoms with E-state index in [2.05, 4.69) is 0 Å². The van der Waals surface area contributed by atoms with Crippen molar-refractivity contribution in [3.8, 4) is 5.75 Å². The van der Waals surface area contributed by atoms with E-state index in [1.54, 1.807) is 0 Å². The summed E-state index contributed by atoms with van der Waals surface area (Å²) < 4.78 is 48.3. The van der Waals surface area contributed by atoms with Gasteiger partial charge >= 0.3 is 12.1 Å². The molecule has 2 atom stereocenters. The number of aliphatic hydroxyl groups excluding tert-OH is 1. The van der Waals surface area contributed by atoms with E-state index >= 15 is 0 Å². The molecular weight excluding hydrogens is 353 g/mol. The maximum atomic E-state index is 12.7. The third kappa shape index (κ3) is 5.59. The van der Waals surface area contributed by atoms with Gasteiger partial charge in [-0.25, -0.2) is 0 Å². The molecule has 0 bridgehead atoms. The molecule has 1 aliphatic rings. The Hall–Kier alpha value is -2.35. The number of benzene rings is 1. The van der Waals surface area contributed by atoms with Crippen molar-refractivity contribution < 1.29 is 37.3 Å². The standard InChI is InChI=1S/C18H19F3O5/c1-11(22)26-17(15-9-13(23)10-16(15)24)6-3-7-25-14-5-2-4-12(8-14)18(19,20)21/h2,4-6,8,15-16,24H,3,7,9-10H2,1H3/b17-6+/t15-,16-/m1/s1. The van der Waals surface area contributed by atoms with Crippen LogP contribution in [0.25, 0.3) is 0 Å². The number of Topliss-reactive ketones (excluding diaryl/α,β-unsaturated/α-hetero) is 1. The second kappa shape index (κ2) is 8.35. The van der Waals surface area contributed by atoms with Crippen molar-refractivity contribution in [2.24, 2.45) is 5.92 Å². The molecule has 1 aromatic rings. The third-order valence-corrected chi connectivity index (χ3v) is 3.87. The van der Waals surface area contributed by atoms with Crippen LogP contribution >= 0.6 is 0 Å². The second-order valence-corrected chi connectivity index (χ2v) is 5.98. The van der Waals surface area contributed by atoms with Crippen molar-refractivity contribution in [3.63, 3.8) is 0 Å². The predicted octanol–water partition coefficient (Wildman–Crippen LogP) is 3.26. The first kappa shape index (κ1) is 20.0. The van der Waals surface area contributed by atoms with Crippen molar-refractivity contribution in [1.29, 1.82) is 0 Å². The lowest BCUT2D eigenvalue weighted by atomic mass is 10.0. The van der Waals surface area contributed by atoms with Gasteiger partial charge in [-0.2, -0.15) is 13.2 Å². The van der Waals surface area contributed by atoms with E-state index in [1.807, 2.05) is 0 Å². The molecule has 26 heavy (non-hydrogen) atoms. The highest BCUT2D eigenvalue weighted by Crippen LogP contribution is 2.32. The van der Waals surface area contributed by atoms with Crippen LogP contribution in [0.1, 0.15) is 31.7 Å². The van der Waals surface area contributed by atoms with Crippen LogP contribution in [-0.4, -0.2) is 29.6 Å². The summed E-state index contributed by atoms with van der Waals surface area (Å²) in [5.74, 6) is -1.05. The van der Waals surface area contributed by atoms with Gasteiger partial charge in [-0.3, -0.25) is 9.59 Å². The summed E-state index contributed by atoms with van der Waals surface area (Å²) in [6.45, 7) is 1.25. The molecule has 0 saturated heterocycles. The molecule has 1 saturated carbocycles. The van der Waals surface area contributed by atoms with Gasteiger partial charge in [0.15, 0.2) is 0 Å². The van der Waals surface area contributed by atoms with Crippen molar-refractivity contribution in [2.45, 2.75) is 38.5 Å². The highest BCUT2D eigenvalue weighted by atomic mass is 19.4. The Kier molecular flexibility index (Phi) is 6.42. The maximum Gasteiger partial charge on any atom is 0.416 e. The number of rotatable bonds is 6. The normalized spacial score (nSPS) is 21.0. The number of aliphatic hydroxyl groups is 1. The van der Waals surface area contributed by atoms with E-state index in [9.17, 15) is 27.9 Å². The van der Waals surface area contributed by atoms with Crippen molar-refractivity contribution in [3.05, 3.63) is 41.7 Å². The lowest BCUT2D eigenvalue weighted by Gasteiger charge is -2.17. The van der Waals surface area contributed by atoms with E-state index in [1.165, 1.54) is 25.1 Å². The molecule has 0 heterocycles. The van der Waals surface area contributed by atoms with Crippen LogP contribution in [0.2, 0.25) is 0 Å². The zero-order valence-electron chi connectivity index (χ0n) is 14.1. The molecule has 1 N–H and O–H groups in total. The lowest BCUT2D eigenvalue weighted by molar-refractivity contribution is -0.138. The van der Waals surface area contributed by atoms with Gasteiger partial charge in [-0.15, -0.1) is 0 Å². The number of hydrogen-bond acceptors (Lipinski definition) is 5. The molecule has 2 rings (SSSR count). The fourth-order valence-corrected chi connectivity index (χ4v) is 2.71. The number of alkyl halides is 3. The van der Waals surface area contributed by atoms with E-state index in [4.69, 9.17) is 9.47 Å². The van der Waals surface area contributed by atoms with Gasteiger partial charge in [0.25, 0.3) is 0 Å². The number of esters is 1. The molecule has 1 aliphatic carbocycles. The molecule has 0 unspecified atom stereocenters. The summed E-state index contributed by atoms with van der Waals surface area (Å²) >= 11 is 0. The average molecular weight is 372 g/mol. The predicted molar refractivity (Wildman–Crippen MR) is 85.1 cm³/mol.